The van der Waals surface area contributed by atoms with Crippen molar-refractivity contribution in [2.75, 3.05) is 0 Å². The van der Waals surface area contributed by atoms with E-state index in [1.165, 1.54) is 0 Å². The van der Waals surface area contributed by atoms with Crippen LogP contribution in [0.5, 0.6) is 0 Å². The minimum absolute atomic E-state index is 0.171. The molecule has 1 aromatic rings. The minimum atomic E-state index is -1.11. The second kappa shape index (κ2) is 4.83. The summed E-state index contributed by atoms with van der Waals surface area (Å²) in [6, 6.07) is 6.80. The van der Waals surface area contributed by atoms with Crippen molar-refractivity contribution in [2.24, 2.45) is 0 Å². The van der Waals surface area contributed by atoms with Gasteiger partial charge in [-0.3, -0.25) is 4.79 Å². The SMILES string of the molecule is [B][C@](C)(NC(C)(C)C)C(=O)c1cccc(Cl)c1. The topological polar surface area (TPSA) is 29.1 Å². The fourth-order valence-electron chi connectivity index (χ4n) is 1.77. The van der Waals surface area contributed by atoms with Crippen molar-refractivity contribution in [2.45, 2.75) is 38.7 Å². The molecule has 2 radical (unpaired) electrons. The first-order valence-corrected chi connectivity index (χ1v) is 5.88. The van der Waals surface area contributed by atoms with Crippen molar-refractivity contribution in [3.05, 3.63) is 34.9 Å². The molecule has 1 N–H and O–H groups in total. The van der Waals surface area contributed by atoms with Crippen LogP contribution in [-0.4, -0.2) is 24.6 Å². The minimum Gasteiger partial charge on any atom is -0.308 e. The van der Waals surface area contributed by atoms with Crippen molar-refractivity contribution in [3.8, 4) is 0 Å². The van der Waals surface area contributed by atoms with Gasteiger partial charge in [0.15, 0.2) is 5.78 Å². The number of hydrogen-bond acceptors (Lipinski definition) is 2. The molecule has 1 rings (SSSR count). The molecule has 0 saturated carbocycles. The third-order valence-corrected chi connectivity index (χ3v) is 2.43. The molecule has 1 atom stereocenters. The predicted molar refractivity (Wildman–Crippen MR) is 72.8 cm³/mol. The molecular weight excluding hydrogens is 232 g/mol. The second-order valence-electron chi connectivity index (χ2n) is 5.42. The molecule has 1 aromatic carbocycles. The Kier molecular flexibility index (Phi) is 4.05. The van der Waals surface area contributed by atoms with E-state index < -0.39 is 5.44 Å². The third kappa shape index (κ3) is 4.17. The Balaban J connectivity index is 2.96. The van der Waals surface area contributed by atoms with Crippen LogP contribution in [0.3, 0.4) is 0 Å². The molecular formula is C13H17BClNO. The van der Waals surface area contributed by atoms with E-state index in [1.54, 1.807) is 31.2 Å². The molecule has 0 unspecified atom stereocenters. The summed E-state index contributed by atoms with van der Waals surface area (Å²) < 4.78 is 0. The van der Waals surface area contributed by atoms with Gasteiger partial charge in [-0.1, -0.05) is 23.7 Å². The smallest absolute Gasteiger partial charge is 0.173 e. The zero-order valence-electron chi connectivity index (χ0n) is 10.7. The van der Waals surface area contributed by atoms with Crippen LogP contribution in [-0.2, 0) is 0 Å². The number of ketones is 1. The number of nitrogens with one attached hydrogen (secondary N) is 1. The summed E-state index contributed by atoms with van der Waals surface area (Å²) in [6.07, 6.45) is 0. The van der Waals surface area contributed by atoms with E-state index in [9.17, 15) is 4.79 Å². The zero-order valence-corrected chi connectivity index (χ0v) is 11.4. The van der Waals surface area contributed by atoms with E-state index in [0.29, 0.717) is 10.6 Å². The average molecular weight is 250 g/mol. The second-order valence-corrected chi connectivity index (χ2v) is 5.85. The number of halogens is 1. The highest BCUT2D eigenvalue weighted by Crippen LogP contribution is 2.17. The van der Waals surface area contributed by atoms with Gasteiger partial charge in [0, 0.05) is 21.6 Å². The molecule has 0 aliphatic rings. The van der Waals surface area contributed by atoms with Gasteiger partial charge in [-0.25, -0.2) is 0 Å². The predicted octanol–water partition coefficient (Wildman–Crippen LogP) is 2.80. The van der Waals surface area contributed by atoms with Crippen LogP contribution in [0.2, 0.25) is 5.02 Å². The first-order chi connectivity index (χ1) is 7.62. The first-order valence-electron chi connectivity index (χ1n) is 5.50. The molecule has 0 saturated heterocycles. The van der Waals surface area contributed by atoms with Gasteiger partial charge in [0.1, 0.15) is 7.85 Å². The van der Waals surface area contributed by atoms with Crippen LogP contribution >= 0.6 is 11.6 Å². The number of hydrogen-bond donors (Lipinski definition) is 1. The van der Waals surface area contributed by atoms with Gasteiger partial charge in [-0.15, -0.1) is 0 Å². The number of benzene rings is 1. The van der Waals surface area contributed by atoms with Gasteiger partial charge in [-0.2, -0.15) is 0 Å². The molecule has 4 heteroatoms. The van der Waals surface area contributed by atoms with E-state index in [1.807, 2.05) is 20.8 Å². The summed E-state index contributed by atoms with van der Waals surface area (Å²) in [7, 11) is 6.02. The van der Waals surface area contributed by atoms with Crippen LogP contribution in [0.25, 0.3) is 0 Å². The van der Waals surface area contributed by atoms with Crippen LogP contribution < -0.4 is 5.32 Å². The lowest BCUT2D eigenvalue weighted by molar-refractivity contribution is 0.0907. The lowest BCUT2D eigenvalue weighted by Gasteiger charge is -2.34. The van der Waals surface area contributed by atoms with Crippen molar-refractivity contribution in [1.82, 2.24) is 5.32 Å². The van der Waals surface area contributed by atoms with Gasteiger partial charge in [0.2, 0.25) is 0 Å². The van der Waals surface area contributed by atoms with E-state index in [-0.39, 0.29) is 11.3 Å². The summed E-state index contributed by atoms with van der Waals surface area (Å²) in [5.41, 5.74) is -0.833. The number of rotatable bonds is 3. The highest BCUT2D eigenvalue weighted by Gasteiger charge is 2.31. The van der Waals surface area contributed by atoms with E-state index in [0.717, 1.165) is 0 Å². The van der Waals surface area contributed by atoms with E-state index in [4.69, 9.17) is 19.4 Å². The number of carbonyl (C=O) groups excluding carboxylic acids is 1. The quantitative estimate of drug-likeness (QED) is 0.659. The van der Waals surface area contributed by atoms with Crippen LogP contribution in [0.1, 0.15) is 38.1 Å². The zero-order chi connectivity index (χ0) is 13.3. The van der Waals surface area contributed by atoms with Gasteiger partial charge < -0.3 is 5.32 Å². The van der Waals surface area contributed by atoms with Crippen LogP contribution in [0, 0.1) is 0 Å². The Morgan fingerprint density at radius 1 is 1.29 bits per heavy atom. The summed E-state index contributed by atoms with van der Waals surface area (Å²) in [4.78, 5) is 12.3. The molecule has 0 bridgehead atoms. The molecule has 17 heavy (non-hydrogen) atoms. The van der Waals surface area contributed by atoms with Crippen LogP contribution in [0.15, 0.2) is 24.3 Å². The van der Waals surface area contributed by atoms with Crippen molar-refractivity contribution >= 4 is 25.2 Å². The highest BCUT2D eigenvalue weighted by atomic mass is 35.5. The molecule has 0 amide bonds. The maximum absolute atomic E-state index is 12.3. The van der Waals surface area contributed by atoms with Crippen LogP contribution in [0.4, 0.5) is 0 Å². The maximum atomic E-state index is 12.3. The molecule has 90 valence electrons. The van der Waals surface area contributed by atoms with Gasteiger partial charge in [0.25, 0.3) is 0 Å². The summed E-state index contributed by atoms with van der Waals surface area (Å²) >= 11 is 5.86. The molecule has 0 fully saturated rings. The Hall–Kier alpha value is -0.795. The van der Waals surface area contributed by atoms with Gasteiger partial charge in [0.05, 0.1) is 0 Å². The fourth-order valence-corrected chi connectivity index (χ4v) is 1.96. The molecule has 0 aliphatic heterocycles. The Morgan fingerprint density at radius 2 is 1.88 bits per heavy atom. The molecule has 0 heterocycles. The van der Waals surface area contributed by atoms with Crippen molar-refractivity contribution in [3.63, 3.8) is 0 Å². The Bertz CT molecular complexity index is 424. The average Bonchev–Trinajstić information content (AvgIpc) is 2.12. The molecule has 0 aliphatic carbocycles. The number of carbonyl (C=O) groups is 1. The van der Waals surface area contributed by atoms with Crippen molar-refractivity contribution < 1.29 is 4.79 Å². The monoisotopic (exact) mass is 249 g/mol. The summed E-state index contributed by atoms with van der Waals surface area (Å²) in [5, 5.41) is 3.63. The lowest BCUT2D eigenvalue weighted by atomic mass is 9.72. The maximum Gasteiger partial charge on any atom is 0.173 e. The Morgan fingerprint density at radius 3 is 2.35 bits per heavy atom. The molecule has 2 nitrogen and oxygen atoms in total. The van der Waals surface area contributed by atoms with Gasteiger partial charge in [-0.05, 0) is 39.8 Å². The van der Waals surface area contributed by atoms with E-state index >= 15 is 0 Å². The number of Topliss-reactive ketones (excluding diaryl/α,β-unsaturated/α-hetero) is 1. The van der Waals surface area contributed by atoms with Gasteiger partial charge >= 0.3 is 0 Å². The molecule has 0 aromatic heterocycles. The molecule has 0 spiro atoms. The normalized spacial score (nSPS) is 15.4. The standard InChI is InChI=1S/C13H17BClNO/c1-12(2,3)16-13(4,14)11(17)9-6-5-7-10(15)8-9/h5-8,16H,1-4H3/t13-/m1/s1. The van der Waals surface area contributed by atoms with Crippen molar-refractivity contribution in [1.29, 1.82) is 0 Å². The van der Waals surface area contributed by atoms with E-state index in [2.05, 4.69) is 5.32 Å². The largest absolute Gasteiger partial charge is 0.308 e. The third-order valence-electron chi connectivity index (χ3n) is 2.19. The summed E-state index contributed by atoms with van der Waals surface area (Å²) in [5.74, 6) is -0.171. The lowest BCUT2D eigenvalue weighted by Crippen LogP contribution is -2.57. The fraction of sp³-hybridized carbons (Fsp3) is 0.462. The Labute approximate surface area is 109 Å². The highest BCUT2D eigenvalue weighted by molar-refractivity contribution is 6.33. The first kappa shape index (κ1) is 14.3. The summed E-state index contributed by atoms with van der Waals surface area (Å²) in [6.45, 7) is 7.55.